The molecule has 1 N–H and O–H groups in total. The molecule has 0 bridgehead atoms. The van der Waals surface area contributed by atoms with Crippen LogP contribution >= 0.6 is 11.6 Å². The van der Waals surface area contributed by atoms with Gasteiger partial charge in [-0.15, -0.1) is 0 Å². The van der Waals surface area contributed by atoms with E-state index >= 15 is 0 Å². The van der Waals surface area contributed by atoms with E-state index in [2.05, 4.69) is 32.2 Å². The van der Waals surface area contributed by atoms with Crippen molar-refractivity contribution in [3.05, 3.63) is 70.1 Å². The number of hydrogen-bond donors (Lipinski definition) is 1. The number of benzene rings is 1. The van der Waals surface area contributed by atoms with Gasteiger partial charge in [-0.3, -0.25) is 4.79 Å². The number of piperazine rings is 1. The summed E-state index contributed by atoms with van der Waals surface area (Å²) < 4.78 is 1.78. The third kappa shape index (κ3) is 4.73. The van der Waals surface area contributed by atoms with Gasteiger partial charge in [0.25, 0.3) is 5.91 Å². The first kappa shape index (κ1) is 21.3. The number of likely N-dealkylation sites (N-methyl/N-ethyl adjacent to an activating group) is 1. The Morgan fingerprint density at radius 2 is 1.77 bits per heavy atom. The number of anilines is 1. The third-order valence-electron chi connectivity index (χ3n) is 5.67. The Morgan fingerprint density at radius 1 is 1.06 bits per heavy atom. The van der Waals surface area contributed by atoms with Crippen molar-refractivity contribution in [3.8, 4) is 5.69 Å². The molecule has 3 heterocycles. The topological polar surface area (TPSA) is 66.3 Å². The lowest BCUT2D eigenvalue weighted by Crippen LogP contribution is -2.44. The number of amides is 1. The minimum absolute atomic E-state index is 0.124. The summed E-state index contributed by atoms with van der Waals surface area (Å²) in [6, 6.07) is 11.4. The summed E-state index contributed by atoms with van der Waals surface area (Å²) in [6.45, 7) is 8.30. The van der Waals surface area contributed by atoms with Gasteiger partial charge in [0, 0.05) is 44.5 Å². The molecule has 0 spiro atoms. The fourth-order valence-electron chi connectivity index (χ4n) is 3.66. The van der Waals surface area contributed by atoms with Crippen LogP contribution in [0.25, 0.3) is 5.69 Å². The number of aryl methyl sites for hydroxylation is 1. The maximum Gasteiger partial charge on any atom is 0.251 e. The van der Waals surface area contributed by atoms with E-state index in [9.17, 15) is 4.79 Å². The lowest BCUT2D eigenvalue weighted by atomic mass is 10.2. The highest BCUT2D eigenvalue weighted by atomic mass is 35.5. The van der Waals surface area contributed by atoms with Crippen LogP contribution in [-0.4, -0.2) is 58.8 Å². The van der Waals surface area contributed by atoms with Gasteiger partial charge in [0.2, 0.25) is 0 Å². The van der Waals surface area contributed by atoms with E-state index in [1.807, 2.05) is 44.3 Å². The van der Waals surface area contributed by atoms with Gasteiger partial charge in [-0.1, -0.05) is 17.7 Å². The van der Waals surface area contributed by atoms with Gasteiger partial charge in [-0.05, 0) is 56.8 Å². The molecular weight excluding hydrogens is 412 g/mol. The summed E-state index contributed by atoms with van der Waals surface area (Å²) in [5.74, 6) is 0.865. The number of rotatable bonds is 5. The summed E-state index contributed by atoms with van der Waals surface area (Å²) in [5, 5.41) is 8.07. The molecule has 0 unspecified atom stereocenters. The highest BCUT2D eigenvalue weighted by molar-refractivity contribution is 6.31. The van der Waals surface area contributed by atoms with Gasteiger partial charge in [0.1, 0.15) is 5.82 Å². The number of pyridine rings is 1. The second-order valence-corrected chi connectivity index (χ2v) is 8.32. The average molecular weight is 439 g/mol. The van der Waals surface area contributed by atoms with Gasteiger partial charge in [-0.2, -0.15) is 5.10 Å². The first-order valence-corrected chi connectivity index (χ1v) is 10.8. The Balaban J connectivity index is 1.35. The van der Waals surface area contributed by atoms with Gasteiger partial charge in [0.15, 0.2) is 0 Å². The maximum absolute atomic E-state index is 12.5. The van der Waals surface area contributed by atoms with Crippen LogP contribution in [0.3, 0.4) is 0 Å². The fourth-order valence-corrected chi connectivity index (χ4v) is 3.78. The molecule has 2 aromatic heterocycles. The second kappa shape index (κ2) is 9.08. The minimum Gasteiger partial charge on any atom is -0.354 e. The number of hydrogen-bond acceptors (Lipinski definition) is 5. The second-order valence-electron chi connectivity index (χ2n) is 7.94. The van der Waals surface area contributed by atoms with Crippen LogP contribution in [0.15, 0.2) is 42.6 Å². The Morgan fingerprint density at radius 3 is 2.35 bits per heavy atom. The van der Waals surface area contributed by atoms with Crippen molar-refractivity contribution in [3.63, 3.8) is 0 Å². The largest absolute Gasteiger partial charge is 0.354 e. The molecule has 0 radical (unpaired) electrons. The van der Waals surface area contributed by atoms with Gasteiger partial charge < -0.3 is 15.1 Å². The first-order valence-electron chi connectivity index (χ1n) is 10.4. The monoisotopic (exact) mass is 438 g/mol. The van der Waals surface area contributed by atoms with Crippen LogP contribution in [-0.2, 0) is 6.54 Å². The highest BCUT2D eigenvalue weighted by Gasteiger charge is 2.15. The number of carbonyl (C=O) groups excluding carboxylic acids is 1. The normalized spacial score (nSPS) is 14.6. The summed E-state index contributed by atoms with van der Waals surface area (Å²) in [4.78, 5) is 21.7. The quantitative estimate of drug-likeness (QED) is 0.662. The number of aromatic nitrogens is 3. The smallest absolute Gasteiger partial charge is 0.251 e. The Kier molecular flexibility index (Phi) is 6.25. The molecule has 0 saturated carbocycles. The predicted molar refractivity (Wildman–Crippen MR) is 123 cm³/mol. The molecule has 8 heteroatoms. The molecule has 0 aliphatic carbocycles. The zero-order chi connectivity index (χ0) is 22.0. The molecule has 7 nitrogen and oxygen atoms in total. The Labute approximate surface area is 187 Å². The number of nitrogens with one attached hydrogen (secondary N) is 1. The molecule has 162 valence electrons. The van der Waals surface area contributed by atoms with Crippen LogP contribution in [0.2, 0.25) is 5.02 Å². The molecule has 1 aliphatic rings. The van der Waals surface area contributed by atoms with Crippen molar-refractivity contribution >= 4 is 23.3 Å². The van der Waals surface area contributed by atoms with Crippen molar-refractivity contribution in [2.75, 3.05) is 38.1 Å². The van der Waals surface area contributed by atoms with E-state index in [1.54, 1.807) is 16.8 Å². The van der Waals surface area contributed by atoms with Crippen molar-refractivity contribution in [2.24, 2.45) is 0 Å². The van der Waals surface area contributed by atoms with Crippen molar-refractivity contribution in [2.45, 2.75) is 20.4 Å². The first-order chi connectivity index (χ1) is 14.9. The molecule has 3 aromatic rings. The van der Waals surface area contributed by atoms with E-state index in [-0.39, 0.29) is 5.91 Å². The SMILES string of the molecule is Cc1nn(-c2ccc(C(=O)NCc3ccc(N4CCN(C)CC4)nc3)cc2)c(C)c1Cl. The molecule has 1 saturated heterocycles. The van der Waals surface area contributed by atoms with E-state index in [4.69, 9.17) is 11.6 Å². The Hall–Kier alpha value is -2.90. The average Bonchev–Trinajstić information content (AvgIpc) is 3.06. The van der Waals surface area contributed by atoms with Gasteiger partial charge in [0.05, 0.1) is 22.1 Å². The third-order valence-corrected chi connectivity index (χ3v) is 6.21. The van der Waals surface area contributed by atoms with Crippen LogP contribution in [0.4, 0.5) is 5.82 Å². The van der Waals surface area contributed by atoms with Crippen LogP contribution in [0.5, 0.6) is 0 Å². The molecule has 31 heavy (non-hydrogen) atoms. The van der Waals surface area contributed by atoms with E-state index in [0.29, 0.717) is 17.1 Å². The lowest BCUT2D eigenvalue weighted by Gasteiger charge is -2.33. The molecule has 1 aliphatic heterocycles. The highest BCUT2D eigenvalue weighted by Crippen LogP contribution is 2.22. The lowest BCUT2D eigenvalue weighted by molar-refractivity contribution is 0.0951. The number of nitrogens with zero attached hydrogens (tertiary/aromatic N) is 5. The fraction of sp³-hybridized carbons (Fsp3) is 0.348. The van der Waals surface area contributed by atoms with Gasteiger partial charge in [-0.25, -0.2) is 9.67 Å². The van der Waals surface area contributed by atoms with Crippen LogP contribution in [0.1, 0.15) is 27.3 Å². The molecule has 4 rings (SSSR count). The number of carbonyl (C=O) groups is 1. The maximum atomic E-state index is 12.5. The summed E-state index contributed by atoms with van der Waals surface area (Å²) in [6.07, 6.45) is 1.84. The van der Waals surface area contributed by atoms with Crippen LogP contribution < -0.4 is 10.2 Å². The summed E-state index contributed by atoms with van der Waals surface area (Å²) in [7, 11) is 2.14. The van der Waals surface area contributed by atoms with Crippen molar-refractivity contribution < 1.29 is 4.79 Å². The zero-order valence-corrected chi connectivity index (χ0v) is 18.9. The molecule has 1 aromatic carbocycles. The molecule has 1 fully saturated rings. The molecule has 0 atom stereocenters. The molecule has 1 amide bonds. The van der Waals surface area contributed by atoms with Crippen molar-refractivity contribution in [1.82, 2.24) is 25.0 Å². The van der Waals surface area contributed by atoms with Crippen molar-refractivity contribution in [1.29, 1.82) is 0 Å². The summed E-state index contributed by atoms with van der Waals surface area (Å²) >= 11 is 6.23. The van der Waals surface area contributed by atoms with E-state index < -0.39 is 0 Å². The van der Waals surface area contributed by atoms with Gasteiger partial charge >= 0.3 is 0 Å². The van der Waals surface area contributed by atoms with Crippen LogP contribution in [0, 0.1) is 13.8 Å². The standard InChI is InChI=1S/C23H27ClN6O/c1-16-22(24)17(2)30(27-16)20-7-5-19(6-8-20)23(31)26-15-18-4-9-21(25-14-18)29-12-10-28(3)11-13-29/h4-9,14H,10-13,15H2,1-3H3,(H,26,31). The van der Waals surface area contributed by atoms with E-state index in [1.165, 1.54) is 0 Å². The van der Waals surface area contributed by atoms with E-state index in [0.717, 1.165) is 54.6 Å². The minimum atomic E-state index is -0.124. The molecular formula is C23H27ClN6O. The zero-order valence-electron chi connectivity index (χ0n) is 18.1. The predicted octanol–water partition coefficient (Wildman–Crippen LogP) is 3.22. The Bertz CT molecular complexity index is 1050. The summed E-state index contributed by atoms with van der Waals surface area (Å²) in [5.41, 5.74) is 4.10. The number of halogens is 1.